The summed E-state index contributed by atoms with van der Waals surface area (Å²) in [6.07, 6.45) is 1.76. The van der Waals surface area contributed by atoms with Crippen molar-refractivity contribution < 1.29 is 4.74 Å². The van der Waals surface area contributed by atoms with Crippen LogP contribution in [0.3, 0.4) is 0 Å². The molecule has 2 aromatic rings. The largest absolute Gasteiger partial charge is 0.383 e. The number of hydrogen-bond acceptors (Lipinski definition) is 7. The predicted octanol–water partition coefficient (Wildman–Crippen LogP) is 2.01. The van der Waals surface area contributed by atoms with Crippen LogP contribution in [0.5, 0.6) is 0 Å². The zero-order chi connectivity index (χ0) is 14.5. The van der Waals surface area contributed by atoms with Gasteiger partial charge in [0.25, 0.3) is 0 Å². The molecule has 2 heterocycles. The first kappa shape index (κ1) is 13.8. The Labute approximate surface area is 127 Å². The highest BCUT2D eigenvalue weighted by atomic mass is 32.1. The molecular weight excluding hydrogens is 286 g/mol. The van der Waals surface area contributed by atoms with Gasteiger partial charge in [-0.2, -0.15) is 5.10 Å². The third-order valence-corrected chi connectivity index (χ3v) is 3.93. The van der Waals surface area contributed by atoms with Crippen molar-refractivity contribution in [1.29, 1.82) is 0 Å². The van der Waals surface area contributed by atoms with E-state index >= 15 is 0 Å². The zero-order valence-corrected chi connectivity index (χ0v) is 12.3. The average Bonchev–Trinajstić information content (AvgIpc) is 2.94. The van der Waals surface area contributed by atoms with E-state index in [0.29, 0.717) is 10.9 Å². The molecule has 1 aliphatic rings. The molecule has 1 fully saturated rings. The minimum Gasteiger partial charge on any atom is -0.383 e. The minimum absolute atomic E-state index is 0.507. The smallest absolute Gasteiger partial charge is 0.205 e. The molecule has 7 heteroatoms. The molecule has 1 aromatic carbocycles. The maximum absolute atomic E-state index is 5.54. The number of benzene rings is 1. The number of nitrogen functional groups attached to an aromatic ring is 1. The molecule has 0 unspecified atom stereocenters. The van der Waals surface area contributed by atoms with Crippen molar-refractivity contribution >= 4 is 34.2 Å². The number of nitrogens with two attached hydrogens (primary N) is 1. The number of thiazole rings is 1. The second kappa shape index (κ2) is 6.55. The summed E-state index contributed by atoms with van der Waals surface area (Å²) in [7, 11) is 0. The number of anilines is 3. The van der Waals surface area contributed by atoms with Gasteiger partial charge in [0, 0.05) is 24.2 Å². The third kappa shape index (κ3) is 3.71. The number of ether oxygens (including phenoxy) is 1. The Bertz CT molecular complexity index is 604. The molecule has 0 aliphatic carbocycles. The van der Waals surface area contributed by atoms with Gasteiger partial charge in [-0.25, -0.2) is 4.98 Å². The molecule has 1 saturated heterocycles. The summed E-state index contributed by atoms with van der Waals surface area (Å²) in [6.45, 7) is 3.48. The van der Waals surface area contributed by atoms with Gasteiger partial charge < -0.3 is 15.4 Å². The molecule has 0 saturated carbocycles. The van der Waals surface area contributed by atoms with Crippen molar-refractivity contribution in [1.82, 2.24) is 4.98 Å². The fraction of sp³-hybridized carbons (Fsp3) is 0.286. The van der Waals surface area contributed by atoms with Gasteiger partial charge in [-0.05, 0) is 17.7 Å². The SMILES string of the molecule is Nc1csc(NN=Cc2ccc(N3CCOCC3)cc2)n1. The predicted molar refractivity (Wildman–Crippen MR) is 87.2 cm³/mol. The van der Waals surface area contributed by atoms with Gasteiger partial charge in [0.2, 0.25) is 5.13 Å². The van der Waals surface area contributed by atoms with Crippen LogP contribution in [-0.4, -0.2) is 37.5 Å². The molecule has 0 radical (unpaired) electrons. The average molecular weight is 303 g/mol. The molecular formula is C14H17N5OS. The summed E-state index contributed by atoms with van der Waals surface area (Å²) in [4.78, 5) is 6.39. The molecule has 1 aromatic heterocycles. The molecule has 0 atom stereocenters. The summed E-state index contributed by atoms with van der Waals surface area (Å²) in [5.74, 6) is 0.507. The lowest BCUT2D eigenvalue weighted by Crippen LogP contribution is -2.36. The lowest BCUT2D eigenvalue weighted by molar-refractivity contribution is 0.122. The Balaban J connectivity index is 1.58. The van der Waals surface area contributed by atoms with E-state index in [4.69, 9.17) is 10.5 Å². The van der Waals surface area contributed by atoms with E-state index in [0.717, 1.165) is 31.9 Å². The lowest BCUT2D eigenvalue weighted by Gasteiger charge is -2.28. The Morgan fingerprint density at radius 2 is 2.05 bits per heavy atom. The highest BCUT2D eigenvalue weighted by molar-refractivity contribution is 7.14. The molecule has 0 spiro atoms. The van der Waals surface area contributed by atoms with Crippen molar-refractivity contribution in [2.75, 3.05) is 42.4 Å². The Hall–Kier alpha value is -2.12. The van der Waals surface area contributed by atoms with Crippen LogP contribution in [0.15, 0.2) is 34.7 Å². The zero-order valence-electron chi connectivity index (χ0n) is 11.5. The van der Waals surface area contributed by atoms with Crippen molar-refractivity contribution in [2.24, 2.45) is 5.10 Å². The molecule has 6 nitrogen and oxygen atoms in total. The normalized spacial score (nSPS) is 15.5. The van der Waals surface area contributed by atoms with E-state index in [1.54, 1.807) is 11.6 Å². The Morgan fingerprint density at radius 1 is 1.29 bits per heavy atom. The standard InChI is InChI=1S/C14H17N5OS/c15-13-10-21-14(17-13)18-16-9-11-1-3-12(4-2-11)19-5-7-20-8-6-19/h1-4,9-10H,5-8,15H2,(H,17,18). The van der Waals surface area contributed by atoms with Crippen LogP contribution in [-0.2, 0) is 4.74 Å². The van der Waals surface area contributed by atoms with E-state index in [-0.39, 0.29) is 0 Å². The molecule has 1 aliphatic heterocycles. The molecule has 21 heavy (non-hydrogen) atoms. The van der Waals surface area contributed by atoms with Crippen LogP contribution in [0.25, 0.3) is 0 Å². The maximum atomic E-state index is 5.54. The molecule has 0 bridgehead atoms. The highest BCUT2D eigenvalue weighted by Gasteiger charge is 2.10. The molecule has 0 amide bonds. The number of morpholine rings is 1. The first-order valence-electron chi connectivity index (χ1n) is 6.74. The van der Waals surface area contributed by atoms with Crippen LogP contribution in [0.4, 0.5) is 16.6 Å². The van der Waals surface area contributed by atoms with Crippen molar-refractivity contribution in [2.45, 2.75) is 0 Å². The van der Waals surface area contributed by atoms with E-state index in [2.05, 4.69) is 32.5 Å². The van der Waals surface area contributed by atoms with Gasteiger partial charge in [0.1, 0.15) is 5.82 Å². The number of hydrazone groups is 1. The Morgan fingerprint density at radius 3 is 2.71 bits per heavy atom. The van der Waals surface area contributed by atoms with Gasteiger partial charge in [-0.15, -0.1) is 11.3 Å². The molecule has 3 rings (SSSR count). The first-order chi connectivity index (χ1) is 10.3. The fourth-order valence-electron chi connectivity index (χ4n) is 2.09. The van der Waals surface area contributed by atoms with E-state index < -0.39 is 0 Å². The molecule has 3 N–H and O–H groups in total. The van der Waals surface area contributed by atoms with E-state index in [1.165, 1.54) is 17.0 Å². The fourth-order valence-corrected chi connectivity index (χ4v) is 2.64. The van der Waals surface area contributed by atoms with Crippen LogP contribution in [0.1, 0.15) is 5.56 Å². The van der Waals surface area contributed by atoms with Gasteiger partial charge in [0.05, 0.1) is 19.4 Å². The van der Waals surface area contributed by atoms with Crippen LogP contribution in [0, 0.1) is 0 Å². The van der Waals surface area contributed by atoms with Gasteiger partial charge >= 0.3 is 0 Å². The number of nitrogens with one attached hydrogen (secondary N) is 1. The topological polar surface area (TPSA) is 75.8 Å². The lowest BCUT2D eigenvalue weighted by atomic mass is 10.2. The minimum atomic E-state index is 0.507. The quantitative estimate of drug-likeness (QED) is 0.667. The Kier molecular flexibility index (Phi) is 4.32. The summed E-state index contributed by atoms with van der Waals surface area (Å²) in [5, 5.41) is 6.61. The first-order valence-corrected chi connectivity index (χ1v) is 7.62. The summed E-state index contributed by atoms with van der Waals surface area (Å²) in [5.41, 5.74) is 10.7. The number of nitrogens with zero attached hydrogens (tertiary/aromatic N) is 3. The maximum Gasteiger partial charge on any atom is 0.205 e. The van der Waals surface area contributed by atoms with Gasteiger partial charge in [-0.1, -0.05) is 12.1 Å². The second-order valence-corrected chi connectivity index (χ2v) is 5.50. The van der Waals surface area contributed by atoms with Crippen molar-refractivity contribution in [3.05, 3.63) is 35.2 Å². The van der Waals surface area contributed by atoms with E-state index in [1.807, 2.05) is 12.1 Å². The van der Waals surface area contributed by atoms with Crippen molar-refractivity contribution in [3.63, 3.8) is 0 Å². The van der Waals surface area contributed by atoms with Crippen molar-refractivity contribution in [3.8, 4) is 0 Å². The summed E-state index contributed by atoms with van der Waals surface area (Å²) < 4.78 is 5.36. The third-order valence-electron chi connectivity index (χ3n) is 3.17. The summed E-state index contributed by atoms with van der Waals surface area (Å²) >= 11 is 1.43. The number of aromatic nitrogens is 1. The number of hydrogen-bond donors (Lipinski definition) is 2. The van der Waals surface area contributed by atoms with Gasteiger partial charge in [0.15, 0.2) is 0 Å². The second-order valence-electron chi connectivity index (χ2n) is 4.64. The van der Waals surface area contributed by atoms with Gasteiger partial charge in [-0.3, -0.25) is 5.43 Å². The van der Waals surface area contributed by atoms with Crippen LogP contribution in [0.2, 0.25) is 0 Å². The van der Waals surface area contributed by atoms with Crippen LogP contribution < -0.4 is 16.1 Å². The summed E-state index contributed by atoms with van der Waals surface area (Å²) in [6, 6.07) is 8.31. The van der Waals surface area contributed by atoms with Crippen LogP contribution >= 0.6 is 11.3 Å². The molecule has 110 valence electrons. The highest BCUT2D eigenvalue weighted by Crippen LogP contribution is 2.17. The van der Waals surface area contributed by atoms with E-state index in [9.17, 15) is 0 Å². The number of rotatable bonds is 4. The monoisotopic (exact) mass is 303 g/mol.